The first-order chi connectivity index (χ1) is 9.88. The highest BCUT2D eigenvalue weighted by atomic mass is 19.4. The minimum absolute atomic E-state index is 0.0727. The number of nitrogens with zero attached hydrogens (tertiary/aromatic N) is 2. The van der Waals surface area contributed by atoms with Gasteiger partial charge in [0.1, 0.15) is 17.5 Å². The first-order valence-electron chi connectivity index (χ1n) is 6.89. The van der Waals surface area contributed by atoms with Gasteiger partial charge in [-0.15, -0.1) is 0 Å². The first kappa shape index (κ1) is 18.3. The van der Waals surface area contributed by atoms with Gasteiger partial charge in [0.2, 0.25) is 0 Å². The SMILES string of the molecule is Cc1cc(CN(C)C(=O)N[C@H](CC(C)(C)C)C(F)(F)F)no1. The monoisotopic (exact) mass is 321 g/mol. The van der Waals surface area contributed by atoms with Gasteiger partial charge in [-0.25, -0.2) is 4.79 Å². The maximum Gasteiger partial charge on any atom is 0.408 e. The van der Waals surface area contributed by atoms with Crippen LogP contribution >= 0.6 is 0 Å². The number of hydrogen-bond acceptors (Lipinski definition) is 3. The van der Waals surface area contributed by atoms with Crippen molar-refractivity contribution >= 4 is 6.03 Å². The molecule has 0 aliphatic heterocycles. The van der Waals surface area contributed by atoms with Crippen molar-refractivity contribution in [3.8, 4) is 0 Å². The maximum atomic E-state index is 13.0. The average molecular weight is 321 g/mol. The molecule has 0 saturated heterocycles. The number of amides is 2. The summed E-state index contributed by atoms with van der Waals surface area (Å²) in [7, 11) is 1.41. The lowest BCUT2D eigenvalue weighted by atomic mass is 9.88. The molecule has 1 rings (SSSR count). The molecule has 126 valence electrons. The van der Waals surface area contributed by atoms with Gasteiger partial charge in [-0.2, -0.15) is 13.2 Å². The predicted molar refractivity (Wildman–Crippen MR) is 75.2 cm³/mol. The van der Waals surface area contributed by atoms with Crippen LogP contribution in [0.2, 0.25) is 0 Å². The van der Waals surface area contributed by atoms with E-state index >= 15 is 0 Å². The second-order valence-corrected chi connectivity index (χ2v) is 6.59. The lowest BCUT2D eigenvalue weighted by molar-refractivity contribution is -0.159. The number of urea groups is 1. The third-order valence-electron chi connectivity index (χ3n) is 2.93. The summed E-state index contributed by atoms with van der Waals surface area (Å²) < 4.78 is 44.0. The Kier molecular flexibility index (Phi) is 5.48. The molecular weight excluding hydrogens is 299 g/mol. The van der Waals surface area contributed by atoms with Gasteiger partial charge in [-0.05, 0) is 18.8 Å². The summed E-state index contributed by atoms with van der Waals surface area (Å²) in [5.41, 5.74) is -0.0792. The number of rotatable bonds is 4. The van der Waals surface area contributed by atoms with Crippen molar-refractivity contribution in [3.05, 3.63) is 17.5 Å². The largest absolute Gasteiger partial charge is 0.408 e. The Hall–Kier alpha value is -1.73. The van der Waals surface area contributed by atoms with Crippen LogP contribution in [-0.2, 0) is 6.54 Å². The molecule has 1 N–H and O–H groups in total. The zero-order chi connectivity index (χ0) is 17.1. The molecule has 0 aromatic carbocycles. The number of aryl methyl sites for hydroxylation is 1. The van der Waals surface area contributed by atoms with E-state index in [4.69, 9.17) is 4.52 Å². The predicted octanol–water partition coefficient (Wildman–Crippen LogP) is 3.49. The van der Waals surface area contributed by atoms with Crippen LogP contribution in [0.1, 0.15) is 38.6 Å². The van der Waals surface area contributed by atoms with Crippen LogP contribution in [0.3, 0.4) is 0 Å². The Bertz CT molecular complexity index is 506. The highest BCUT2D eigenvalue weighted by Gasteiger charge is 2.43. The van der Waals surface area contributed by atoms with Crippen LogP contribution in [0.25, 0.3) is 0 Å². The van der Waals surface area contributed by atoms with Gasteiger partial charge in [0.25, 0.3) is 0 Å². The van der Waals surface area contributed by atoms with Crippen molar-refractivity contribution in [2.45, 2.75) is 52.9 Å². The summed E-state index contributed by atoms with van der Waals surface area (Å²) in [6, 6.07) is -1.06. The average Bonchev–Trinajstić information content (AvgIpc) is 2.70. The Morgan fingerprint density at radius 3 is 2.41 bits per heavy atom. The summed E-state index contributed by atoms with van der Waals surface area (Å²) in [6.45, 7) is 6.85. The van der Waals surface area contributed by atoms with Crippen molar-refractivity contribution in [3.63, 3.8) is 0 Å². The second kappa shape index (κ2) is 6.58. The third-order valence-corrected chi connectivity index (χ3v) is 2.93. The molecule has 0 aliphatic rings. The van der Waals surface area contributed by atoms with Crippen LogP contribution in [0.15, 0.2) is 10.6 Å². The van der Waals surface area contributed by atoms with E-state index in [2.05, 4.69) is 5.16 Å². The van der Waals surface area contributed by atoms with Gasteiger partial charge in [-0.1, -0.05) is 25.9 Å². The number of aromatic nitrogens is 1. The maximum absolute atomic E-state index is 13.0. The molecule has 1 atom stereocenters. The quantitative estimate of drug-likeness (QED) is 0.923. The molecule has 2 amide bonds. The van der Waals surface area contributed by atoms with Crippen molar-refractivity contribution in [1.82, 2.24) is 15.4 Å². The molecule has 0 aliphatic carbocycles. The van der Waals surface area contributed by atoms with E-state index in [0.717, 1.165) is 4.90 Å². The summed E-state index contributed by atoms with van der Waals surface area (Å²) in [5.74, 6) is 0.574. The van der Waals surface area contributed by atoms with Gasteiger partial charge in [0, 0.05) is 13.1 Å². The summed E-state index contributed by atoms with van der Waals surface area (Å²) in [4.78, 5) is 13.1. The highest BCUT2D eigenvalue weighted by molar-refractivity contribution is 5.74. The van der Waals surface area contributed by atoms with Crippen molar-refractivity contribution in [2.75, 3.05) is 7.05 Å². The first-order valence-corrected chi connectivity index (χ1v) is 6.89. The molecule has 1 heterocycles. The number of halogens is 3. The molecule has 1 aromatic heterocycles. The van der Waals surface area contributed by atoms with Gasteiger partial charge in [0.05, 0.1) is 6.54 Å². The van der Waals surface area contributed by atoms with Crippen molar-refractivity contribution < 1.29 is 22.5 Å². The fourth-order valence-electron chi connectivity index (χ4n) is 1.93. The number of nitrogens with one attached hydrogen (secondary N) is 1. The molecule has 0 unspecified atom stereocenters. The number of carbonyl (C=O) groups is 1. The van der Waals surface area contributed by atoms with E-state index in [1.165, 1.54) is 7.05 Å². The van der Waals surface area contributed by atoms with E-state index in [9.17, 15) is 18.0 Å². The standard InChI is InChI=1S/C14H22F3N3O2/c1-9-6-10(19-22-9)8-20(5)12(21)18-11(14(15,16)17)7-13(2,3)4/h6,11H,7-8H2,1-5H3,(H,18,21)/t11-/m1/s1. The molecule has 5 nitrogen and oxygen atoms in total. The zero-order valence-corrected chi connectivity index (χ0v) is 13.4. The molecule has 22 heavy (non-hydrogen) atoms. The lowest BCUT2D eigenvalue weighted by Crippen LogP contribution is -2.51. The molecule has 0 radical (unpaired) electrons. The van der Waals surface area contributed by atoms with E-state index in [1.807, 2.05) is 5.32 Å². The van der Waals surface area contributed by atoms with Crippen LogP contribution < -0.4 is 5.32 Å². The number of carbonyl (C=O) groups excluding carboxylic acids is 1. The molecule has 1 aromatic rings. The minimum atomic E-state index is -4.49. The van der Waals surface area contributed by atoms with Crippen LogP contribution in [0.5, 0.6) is 0 Å². The normalized spacial score (nSPS) is 13.8. The number of hydrogen-bond donors (Lipinski definition) is 1. The molecular formula is C14H22F3N3O2. The van der Waals surface area contributed by atoms with Gasteiger partial charge >= 0.3 is 12.2 Å². The summed E-state index contributed by atoms with van der Waals surface area (Å²) in [6.07, 6.45) is -4.69. The van der Waals surface area contributed by atoms with E-state index in [0.29, 0.717) is 11.5 Å². The van der Waals surface area contributed by atoms with E-state index in [1.54, 1.807) is 33.8 Å². The Morgan fingerprint density at radius 1 is 1.41 bits per heavy atom. The molecule has 0 saturated carbocycles. The third kappa shape index (κ3) is 5.95. The van der Waals surface area contributed by atoms with Crippen LogP contribution in [-0.4, -0.2) is 35.4 Å². The Morgan fingerprint density at radius 2 is 2.00 bits per heavy atom. The highest BCUT2D eigenvalue weighted by Crippen LogP contribution is 2.30. The van der Waals surface area contributed by atoms with Crippen molar-refractivity contribution in [1.29, 1.82) is 0 Å². The van der Waals surface area contributed by atoms with E-state index < -0.39 is 23.7 Å². The van der Waals surface area contributed by atoms with Gasteiger partial charge < -0.3 is 14.7 Å². The molecule has 0 bridgehead atoms. The molecule has 0 fully saturated rings. The Balaban J connectivity index is 2.69. The summed E-state index contributed by atoms with van der Waals surface area (Å²) >= 11 is 0. The fraction of sp³-hybridized carbons (Fsp3) is 0.714. The smallest absolute Gasteiger partial charge is 0.361 e. The number of alkyl halides is 3. The zero-order valence-electron chi connectivity index (χ0n) is 13.4. The molecule has 8 heteroatoms. The Labute approximate surface area is 127 Å². The van der Waals surface area contributed by atoms with E-state index in [-0.39, 0.29) is 13.0 Å². The van der Waals surface area contributed by atoms with Gasteiger partial charge in [-0.3, -0.25) is 0 Å². The fourth-order valence-corrected chi connectivity index (χ4v) is 1.93. The second-order valence-electron chi connectivity index (χ2n) is 6.59. The summed E-state index contributed by atoms with van der Waals surface area (Å²) in [5, 5.41) is 5.75. The van der Waals surface area contributed by atoms with Gasteiger partial charge in [0.15, 0.2) is 0 Å². The minimum Gasteiger partial charge on any atom is -0.361 e. The topological polar surface area (TPSA) is 58.4 Å². The van der Waals surface area contributed by atoms with Crippen molar-refractivity contribution in [2.24, 2.45) is 5.41 Å². The van der Waals surface area contributed by atoms with Crippen LogP contribution in [0.4, 0.5) is 18.0 Å². The van der Waals surface area contributed by atoms with Crippen LogP contribution in [0, 0.1) is 12.3 Å². The lowest BCUT2D eigenvalue weighted by Gasteiger charge is -2.30. The molecule has 0 spiro atoms.